The van der Waals surface area contributed by atoms with Gasteiger partial charge in [0.1, 0.15) is 0 Å². The molecule has 0 spiro atoms. The van der Waals surface area contributed by atoms with Gasteiger partial charge in [-0.2, -0.15) is 11.8 Å². The normalized spacial score (nSPS) is 23.6. The van der Waals surface area contributed by atoms with E-state index >= 15 is 0 Å². The van der Waals surface area contributed by atoms with Crippen molar-refractivity contribution < 1.29 is 0 Å². The van der Waals surface area contributed by atoms with E-state index < -0.39 is 0 Å². The number of hydrogen-bond donors (Lipinski definition) is 0. The van der Waals surface area contributed by atoms with E-state index in [0.29, 0.717) is 0 Å². The molecule has 0 amide bonds. The van der Waals surface area contributed by atoms with Crippen LogP contribution >= 0.6 is 11.8 Å². The molecular formula is C6H12S. The first-order valence-corrected chi connectivity index (χ1v) is 4.25. The van der Waals surface area contributed by atoms with Gasteiger partial charge in [-0.1, -0.05) is 12.8 Å². The smallest absolute Gasteiger partial charge is 0.00442 e. The lowest BCUT2D eigenvalue weighted by atomic mass is 10.4. The lowest BCUT2D eigenvalue weighted by molar-refractivity contribution is 0.886. The van der Waals surface area contributed by atoms with Crippen molar-refractivity contribution in [2.24, 2.45) is 0 Å². The number of rotatable bonds is 1. The Balaban J connectivity index is 2.14. The Morgan fingerprint density at radius 3 is 2.14 bits per heavy atom. The van der Waals surface area contributed by atoms with E-state index in [9.17, 15) is 0 Å². The van der Waals surface area contributed by atoms with Gasteiger partial charge in [0.25, 0.3) is 0 Å². The Labute approximate surface area is 49.7 Å². The second-order valence-electron chi connectivity index (χ2n) is 2.14. The van der Waals surface area contributed by atoms with E-state index in [2.05, 4.69) is 6.26 Å². The Morgan fingerprint density at radius 2 is 1.86 bits per heavy atom. The Morgan fingerprint density at radius 1 is 1.29 bits per heavy atom. The third-order valence-electron chi connectivity index (χ3n) is 1.64. The molecule has 0 unspecified atom stereocenters. The predicted molar refractivity (Wildman–Crippen MR) is 35.8 cm³/mol. The number of thioether (sulfide) groups is 1. The van der Waals surface area contributed by atoms with E-state index in [1.165, 1.54) is 25.7 Å². The molecule has 0 N–H and O–H groups in total. The second kappa shape index (κ2) is 2.61. The van der Waals surface area contributed by atoms with Crippen molar-refractivity contribution in [2.45, 2.75) is 30.9 Å². The maximum Gasteiger partial charge on any atom is 0.00442 e. The van der Waals surface area contributed by atoms with Crippen LogP contribution in [0.4, 0.5) is 0 Å². The molecule has 1 saturated carbocycles. The van der Waals surface area contributed by atoms with Gasteiger partial charge in [0.05, 0.1) is 0 Å². The molecule has 42 valence electrons. The monoisotopic (exact) mass is 116 g/mol. The largest absolute Gasteiger partial charge is 0.162 e. The standard InChI is InChI=1S/C6H12S/c1-7-6-4-2-3-5-6/h6H,2-5H2,1H3. The molecule has 0 atom stereocenters. The van der Waals surface area contributed by atoms with Gasteiger partial charge in [-0.05, 0) is 19.1 Å². The minimum atomic E-state index is 1.01. The molecule has 0 heterocycles. The highest BCUT2D eigenvalue weighted by molar-refractivity contribution is 7.99. The summed E-state index contributed by atoms with van der Waals surface area (Å²) < 4.78 is 0. The minimum Gasteiger partial charge on any atom is -0.162 e. The molecule has 0 aromatic heterocycles. The molecule has 0 aromatic rings. The van der Waals surface area contributed by atoms with Crippen molar-refractivity contribution in [2.75, 3.05) is 6.26 Å². The fourth-order valence-corrected chi connectivity index (χ4v) is 1.93. The van der Waals surface area contributed by atoms with Gasteiger partial charge in [-0.15, -0.1) is 0 Å². The molecule has 0 nitrogen and oxygen atoms in total. The van der Waals surface area contributed by atoms with E-state index in [1.807, 2.05) is 11.8 Å². The zero-order valence-electron chi connectivity index (χ0n) is 4.81. The van der Waals surface area contributed by atoms with Crippen LogP contribution in [0.5, 0.6) is 0 Å². The molecule has 1 aliphatic carbocycles. The van der Waals surface area contributed by atoms with Crippen molar-refractivity contribution in [3.8, 4) is 0 Å². The highest BCUT2D eigenvalue weighted by Crippen LogP contribution is 2.26. The molecular weight excluding hydrogens is 104 g/mol. The lowest BCUT2D eigenvalue weighted by Crippen LogP contribution is -1.89. The van der Waals surface area contributed by atoms with E-state index in [4.69, 9.17) is 0 Å². The highest BCUT2D eigenvalue weighted by Gasteiger charge is 2.11. The summed E-state index contributed by atoms with van der Waals surface area (Å²) in [6, 6.07) is 0. The van der Waals surface area contributed by atoms with Gasteiger partial charge >= 0.3 is 0 Å². The zero-order valence-corrected chi connectivity index (χ0v) is 5.63. The van der Waals surface area contributed by atoms with E-state index in [0.717, 1.165) is 5.25 Å². The van der Waals surface area contributed by atoms with E-state index in [1.54, 1.807) is 0 Å². The summed E-state index contributed by atoms with van der Waals surface area (Å²) in [5, 5.41) is 1.01. The molecule has 0 aromatic carbocycles. The first kappa shape index (κ1) is 5.49. The van der Waals surface area contributed by atoms with Crippen LogP contribution in [0.25, 0.3) is 0 Å². The van der Waals surface area contributed by atoms with Crippen LogP contribution in [-0.2, 0) is 0 Å². The molecule has 0 radical (unpaired) electrons. The molecule has 7 heavy (non-hydrogen) atoms. The molecule has 1 fully saturated rings. The summed E-state index contributed by atoms with van der Waals surface area (Å²) in [7, 11) is 0. The Hall–Kier alpha value is 0.350. The van der Waals surface area contributed by atoms with Crippen LogP contribution in [0, 0.1) is 0 Å². The van der Waals surface area contributed by atoms with Crippen LogP contribution < -0.4 is 0 Å². The third kappa shape index (κ3) is 1.37. The summed E-state index contributed by atoms with van der Waals surface area (Å²) >= 11 is 2.03. The van der Waals surface area contributed by atoms with Crippen LogP contribution in [0.2, 0.25) is 0 Å². The van der Waals surface area contributed by atoms with Crippen LogP contribution in [0.3, 0.4) is 0 Å². The van der Waals surface area contributed by atoms with Crippen molar-refractivity contribution in [3.63, 3.8) is 0 Å². The average Bonchev–Trinajstić information content (AvgIpc) is 2.14. The Kier molecular flexibility index (Phi) is 2.04. The van der Waals surface area contributed by atoms with Crippen molar-refractivity contribution >= 4 is 11.8 Å². The topological polar surface area (TPSA) is 0 Å². The van der Waals surface area contributed by atoms with E-state index in [-0.39, 0.29) is 0 Å². The van der Waals surface area contributed by atoms with Crippen molar-refractivity contribution in [1.29, 1.82) is 0 Å². The average molecular weight is 116 g/mol. The quantitative estimate of drug-likeness (QED) is 0.506. The molecule has 1 aliphatic rings. The molecule has 1 rings (SSSR count). The summed E-state index contributed by atoms with van der Waals surface area (Å²) in [6.07, 6.45) is 8.12. The third-order valence-corrected chi connectivity index (χ3v) is 2.77. The Bertz CT molecular complexity index is 46.1. The maximum atomic E-state index is 2.22. The predicted octanol–water partition coefficient (Wildman–Crippen LogP) is 2.29. The van der Waals surface area contributed by atoms with Crippen LogP contribution in [-0.4, -0.2) is 11.5 Å². The van der Waals surface area contributed by atoms with Gasteiger partial charge in [-0.3, -0.25) is 0 Å². The summed E-state index contributed by atoms with van der Waals surface area (Å²) in [5.41, 5.74) is 0. The van der Waals surface area contributed by atoms with Gasteiger partial charge < -0.3 is 0 Å². The van der Waals surface area contributed by atoms with Crippen molar-refractivity contribution in [1.82, 2.24) is 0 Å². The SMILES string of the molecule is CSC1CCCC1. The minimum absolute atomic E-state index is 1.01. The fourth-order valence-electron chi connectivity index (χ4n) is 1.12. The zero-order chi connectivity index (χ0) is 5.11. The fraction of sp³-hybridized carbons (Fsp3) is 1.00. The van der Waals surface area contributed by atoms with Gasteiger partial charge in [0.2, 0.25) is 0 Å². The highest BCUT2D eigenvalue weighted by atomic mass is 32.2. The van der Waals surface area contributed by atoms with Crippen LogP contribution in [0.1, 0.15) is 25.7 Å². The lowest BCUT2D eigenvalue weighted by Gasteiger charge is -1.99. The first-order chi connectivity index (χ1) is 3.43. The second-order valence-corrected chi connectivity index (χ2v) is 3.28. The summed E-state index contributed by atoms with van der Waals surface area (Å²) in [4.78, 5) is 0. The first-order valence-electron chi connectivity index (χ1n) is 2.96. The van der Waals surface area contributed by atoms with Crippen molar-refractivity contribution in [3.05, 3.63) is 0 Å². The molecule has 0 saturated heterocycles. The van der Waals surface area contributed by atoms with Gasteiger partial charge in [-0.25, -0.2) is 0 Å². The maximum absolute atomic E-state index is 2.22. The molecule has 0 aliphatic heterocycles. The molecule has 0 bridgehead atoms. The van der Waals surface area contributed by atoms with Gasteiger partial charge in [0, 0.05) is 5.25 Å². The van der Waals surface area contributed by atoms with Gasteiger partial charge in [0.15, 0.2) is 0 Å². The van der Waals surface area contributed by atoms with Crippen LogP contribution in [0.15, 0.2) is 0 Å². The molecule has 1 heteroatoms. The summed E-state index contributed by atoms with van der Waals surface area (Å²) in [6.45, 7) is 0. The summed E-state index contributed by atoms with van der Waals surface area (Å²) in [5.74, 6) is 0. The number of hydrogen-bond acceptors (Lipinski definition) is 1.